The molecule has 0 amide bonds. The van der Waals surface area contributed by atoms with Crippen molar-refractivity contribution in [2.24, 2.45) is 0 Å². The first-order chi connectivity index (χ1) is 7.10. The van der Waals surface area contributed by atoms with Gasteiger partial charge in [-0.25, -0.2) is 8.78 Å². The summed E-state index contributed by atoms with van der Waals surface area (Å²) in [5.74, 6) is -0.116. The Bertz CT molecular complexity index is 448. The quantitative estimate of drug-likeness (QED) is 0.826. The standard InChI is InChI=1S/C9H8F2N2O2/c1-15-6-4-5(2-3-12)9(14)13-7(6)8(10)11/h4,8H,2H2,1H3,(H,13,14). The normalized spacial score (nSPS) is 10.1. The molecule has 0 fully saturated rings. The maximum absolute atomic E-state index is 12.4. The molecule has 0 atom stereocenters. The van der Waals surface area contributed by atoms with Crippen LogP contribution in [-0.4, -0.2) is 12.1 Å². The number of alkyl halides is 2. The molecule has 0 saturated heterocycles. The summed E-state index contributed by atoms with van der Waals surface area (Å²) in [4.78, 5) is 13.2. The monoisotopic (exact) mass is 214 g/mol. The van der Waals surface area contributed by atoms with E-state index < -0.39 is 17.7 Å². The SMILES string of the molecule is COc1cc(CC#N)c(=O)[nH]c1C(F)F. The number of methoxy groups -OCH3 is 1. The molecule has 1 aromatic rings. The number of aromatic amines is 1. The Hall–Kier alpha value is -1.90. The Balaban J connectivity index is 3.30. The molecule has 0 aromatic carbocycles. The molecule has 80 valence electrons. The van der Waals surface area contributed by atoms with Crippen LogP contribution in [0.4, 0.5) is 8.78 Å². The van der Waals surface area contributed by atoms with Crippen molar-refractivity contribution in [1.82, 2.24) is 4.98 Å². The first-order valence-electron chi connectivity index (χ1n) is 4.05. The lowest BCUT2D eigenvalue weighted by Crippen LogP contribution is -2.15. The molecule has 0 aliphatic rings. The lowest BCUT2D eigenvalue weighted by molar-refractivity contribution is 0.141. The predicted molar refractivity (Wildman–Crippen MR) is 47.9 cm³/mol. The second-order valence-corrected chi connectivity index (χ2v) is 2.74. The Morgan fingerprint density at radius 3 is 2.80 bits per heavy atom. The van der Waals surface area contributed by atoms with E-state index >= 15 is 0 Å². The maximum Gasteiger partial charge on any atom is 0.281 e. The second-order valence-electron chi connectivity index (χ2n) is 2.74. The van der Waals surface area contributed by atoms with Crippen molar-refractivity contribution in [3.8, 4) is 11.8 Å². The van der Waals surface area contributed by atoms with Gasteiger partial charge in [-0.1, -0.05) is 0 Å². The number of aromatic nitrogens is 1. The molecule has 0 unspecified atom stereocenters. The molecule has 1 aromatic heterocycles. The number of nitrogens with zero attached hydrogens (tertiary/aromatic N) is 1. The fourth-order valence-electron chi connectivity index (χ4n) is 1.11. The predicted octanol–water partition coefficient (Wildman–Crippen LogP) is 1.39. The van der Waals surface area contributed by atoms with Gasteiger partial charge in [-0.05, 0) is 6.07 Å². The molecule has 0 aliphatic heterocycles. The largest absolute Gasteiger partial charge is 0.495 e. The van der Waals surface area contributed by atoms with Crippen molar-refractivity contribution < 1.29 is 13.5 Å². The van der Waals surface area contributed by atoms with Crippen LogP contribution < -0.4 is 10.3 Å². The Kier molecular flexibility index (Phi) is 3.39. The molecule has 1 heterocycles. The van der Waals surface area contributed by atoms with E-state index in [0.29, 0.717) is 0 Å². The highest BCUT2D eigenvalue weighted by atomic mass is 19.3. The highest BCUT2D eigenvalue weighted by Gasteiger charge is 2.16. The number of hydrogen-bond donors (Lipinski definition) is 1. The third kappa shape index (κ3) is 2.31. The Morgan fingerprint density at radius 1 is 1.67 bits per heavy atom. The van der Waals surface area contributed by atoms with Gasteiger partial charge in [-0.15, -0.1) is 0 Å². The van der Waals surface area contributed by atoms with Crippen molar-refractivity contribution in [2.75, 3.05) is 7.11 Å². The van der Waals surface area contributed by atoms with Gasteiger partial charge in [0.25, 0.3) is 12.0 Å². The first-order valence-corrected chi connectivity index (χ1v) is 4.05. The molecule has 4 nitrogen and oxygen atoms in total. The van der Waals surface area contributed by atoms with Crippen LogP contribution in [0.2, 0.25) is 0 Å². The van der Waals surface area contributed by atoms with Crippen LogP contribution >= 0.6 is 0 Å². The zero-order chi connectivity index (χ0) is 11.4. The van der Waals surface area contributed by atoms with Gasteiger partial charge in [0, 0.05) is 5.56 Å². The van der Waals surface area contributed by atoms with E-state index in [2.05, 4.69) is 4.74 Å². The third-order valence-electron chi connectivity index (χ3n) is 1.82. The van der Waals surface area contributed by atoms with Crippen LogP contribution in [0.5, 0.6) is 5.75 Å². The summed E-state index contributed by atoms with van der Waals surface area (Å²) >= 11 is 0. The third-order valence-corrected chi connectivity index (χ3v) is 1.82. The second kappa shape index (κ2) is 4.55. The van der Waals surface area contributed by atoms with E-state index in [4.69, 9.17) is 5.26 Å². The molecule has 0 radical (unpaired) electrons. The summed E-state index contributed by atoms with van der Waals surface area (Å²) in [5.41, 5.74) is -1.14. The van der Waals surface area contributed by atoms with Crippen molar-refractivity contribution in [3.63, 3.8) is 0 Å². The summed E-state index contributed by atoms with van der Waals surface area (Å²) in [5, 5.41) is 8.39. The number of halogens is 2. The van der Waals surface area contributed by atoms with E-state index in [1.807, 2.05) is 4.98 Å². The molecule has 1 rings (SSSR count). The highest BCUT2D eigenvalue weighted by molar-refractivity contribution is 5.33. The fourth-order valence-corrected chi connectivity index (χ4v) is 1.11. The minimum absolute atomic E-state index is 0.110. The Morgan fingerprint density at radius 2 is 2.33 bits per heavy atom. The summed E-state index contributed by atoms with van der Waals surface area (Å²) in [7, 11) is 1.22. The van der Waals surface area contributed by atoms with E-state index in [9.17, 15) is 13.6 Å². The van der Waals surface area contributed by atoms with Crippen LogP contribution in [0.3, 0.4) is 0 Å². The van der Waals surface area contributed by atoms with Crippen molar-refractivity contribution >= 4 is 0 Å². The number of rotatable bonds is 3. The molecule has 6 heteroatoms. The van der Waals surface area contributed by atoms with Crippen LogP contribution in [-0.2, 0) is 6.42 Å². The van der Waals surface area contributed by atoms with Crippen molar-refractivity contribution in [3.05, 3.63) is 27.7 Å². The summed E-state index contributed by atoms with van der Waals surface area (Å²) in [6.45, 7) is 0. The van der Waals surface area contributed by atoms with Crippen molar-refractivity contribution in [1.29, 1.82) is 5.26 Å². The maximum atomic E-state index is 12.4. The van der Waals surface area contributed by atoms with Gasteiger partial charge < -0.3 is 9.72 Å². The number of nitrogens with one attached hydrogen (secondary N) is 1. The molecular weight excluding hydrogens is 206 g/mol. The molecule has 0 bridgehead atoms. The average Bonchev–Trinajstić information content (AvgIpc) is 2.20. The van der Waals surface area contributed by atoms with Gasteiger partial charge in [0.2, 0.25) is 0 Å². The van der Waals surface area contributed by atoms with E-state index in [0.717, 1.165) is 6.07 Å². The smallest absolute Gasteiger partial charge is 0.281 e. The number of hydrogen-bond acceptors (Lipinski definition) is 3. The molecule has 0 spiro atoms. The van der Waals surface area contributed by atoms with Gasteiger partial charge >= 0.3 is 0 Å². The zero-order valence-corrected chi connectivity index (χ0v) is 7.88. The molecule has 15 heavy (non-hydrogen) atoms. The van der Waals surface area contributed by atoms with Crippen LogP contribution in [0.25, 0.3) is 0 Å². The van der Waals surface area contributed by atoms with Gasteiger partial charge in [-0.2, -0.15) is 5.26 Å². The average molecular weight is 214 g/mol. The van der Waals surface area contributed by atoms with Crippen LogP contribution in [0.1, 0.15) is 17.7 Å². The number of H-pyrrole nitrogens is 1. The number of nitriles is 1. The van der Waals surface area contributed by atoms with Gasteiger partial charge in [-0.3, -0.25) is 4.79 Å². The molecule has 0 aliphatic carbocycles. The summed E-state index contributed by atoms with van der Waals surface area (Å²) in [6.07, 6.45) is -2.96. The molecule has 0 saturated carbocycles. The van der Waals surface area contributed by atoms with Gasteiger partial charge in [0.15, 0.2) is 0 Å². The highest BCUT2D eigenvalue weighted by Crippen LogP contribution is 2.25. The fraction of sp³-hybridized carbons (Fsp3) is 0.333. The van der Waals surface area contributed by atoms with Crippen LogP contribution in [0.15, 0.2) is 10.9 Å². The van der Waals surface area contributed by atoms with Gasteiger partial charge in [0.05, 0.1) is 19.6 Å². The van der Waals surface area contributed by atoms with Gasteiger partial charge in [0.1, 0.15) is 11.4 Å². The van der Waals surface area contributed by atoms with Crippen molar-refractivity contribution in [2.45, 2.75) is 12.8 Å². The van der Waals surface area contributed by atoms with E-state index in [1.165, 1.54) is 7.11 Å². The minimum atomic E-state index is -2.82. The zero-order valence-electron chi connectivity index (χ0n) is 7.88. The first kappa shape index (κ1) is 11.2. The van der Waals surface area contributed by atoms with Crippen LogP contribution in [0, 0.1) is 11.3 Å². The van der Waals surface area contributed by atoms with E-state index in [-0.39, 0.29) is 17.7 Å². The Labute approximate surface area is 84.1 Å². The topological polar surface area (TPSA) is 65.9 Å². The lowest BCUT2D eigenvalue weighted by atomic mass is 10.2. The van der Waals surface area contributed by atoms with E-state index in [1.54, 1.807) is 6.07 Å². The lowest BCUT2D eigenvalue weighted by Gasteiger charge is -2.07. The summed E-state index contributed by atoms with van der Waals surface area (Å²) in [6, 6.07) is 2.92. The number of pyridine rings is 1. The molecular formula is C9H8F2N2O2. The minimum Gasteiger partial charge on any atom is -0.495 e. The summed E-state index contributed by atoms with van der Waals surface area (Å²) < 4.78 is 29.5. The number of ether oxygens (including phenoxy) is 1. The molecule has 1 N–H and O–H groups in total.